The van der Waals surface area contributed by atoms with Gasteiger partial charge in [-0.2, -0.15) is 0 Å². The number of benzene rings is 1. The van der Waals surface area contributed by atoms with Crippen molar-refractivity contribution in [2.75, 3.05) is 32.6 Å². The second kappa shape index (κ2) is 7.90. The number of nitrogens with zero attached hydrogens (tertiary/aromatic N) is 1. The molecule has 2 rings (SSSR count). The molecule has 128 valence electrons. The van der Waals surface area contributed by atoms with Gasteiger partial charge in [0.2, 0.25) is 10.0 Å². The number of ether oxygens (including phenoxy) is 1. The van der Waals surface area contributed by atoms with Crippen LogP contribution in [0.5, 0.6) is 0 Å². The van der Waals surface area contributed by atoms with Gasteiger partial charge in [0.25, 0.3) is 5.91 Å². The molecule has 1 aliphatic heterocycles. The monoisotopic (exact) mass is 340 g/mol. The zero-order chi connectivity index (χ0) is 16.9. The molecule has 0 unspecified atom stereocenters. The molecule has 23 heavy (non-hydrogen) atoms. The summed E-state index contributed by atoms with van der Waals surface area (Å²) in [6.45, 7) is 3.02. The van der Waals surface area contributed by atoms with E-state index in [9.17, 15) is 13.2 Å². The second-order valence-corrected chi connectivity index (χ2v) is 7.91. The van der Waals surface area contributed by atoms with E-state index in [4.69, 9.17) is 4.74 Å². The minimum absolute atomic E-state index is 0.00379. The highest BCUT2D eigenvalue weighted by molar-refractivity contribution is 7.89. The maximum absolute atomic E-state index is 12.2. The summed E-state index contributed by atoms with van der Waals surface area (Å²) in [6.07, 6.45) is 1.26. The van der Waals surface area contributed by atoms with E-state index in [0.717, 1.165) is 5.56 Å². The molecule has 1 heterocycles. The Morgan fingerprint density at radius 1 is 1.35 bits per heavy atom. The highest BCUT2D eigenvalue weighted by Gasteiger charge is 2.28. The number of nitrogens with one attached hydrogen (secondary N) is 1. The molecule has 6 nitrogen and oxygen atoms in total. The molecule has 1 amide bonds. The van der Waals surface area contributed by atoms with Gasteiger partial charge >= 0.3 is 0 Å². The molecule has 1 fully saturated rings. The summed E-state index contributed by atoms with van der Waals surface area (Å²) >= 11 is 0. The van der Waals surface area contributed by atoms with Crippen molar-refractivity contribution in [3.05, 3.63) is 35.4 Å². The normalized spacial score (nSPS) is 17.1. The molecule has 1 aliphatic rings. The summed E-state index contributed by atoms with van der Waals surface area (Å²) in [5.74, 6) is -0.0986. The second-order valence-electron chi connectivity index (χ2n) is 5.83. The summed E-state index contributed by atoms with van der Waals surface area (Å²) < 4.78 is 30.5. The molecule has 0 atom stereocenters. The first-order chi connectivity index (χ1) is 10.9. The van der Waals surface area contributed by atoms with E-state index in [2.05, 4.69) is 5.32 Å². The average Bonchev–Trinajstić information content (AvgIpc) is 2.53. The Morgan fingerprint density at radius 2 is 2.04 bits per heavy atom. The maximum Gasteiger partial charge on any atom is 0.251 e. The Hall–Kier alpha value is -1.44. The van der Waals surface area contributed by atoms with Gasteiger partial charge in [-0.25, -0.2) is 12.7 Å². The van der Waals surface area contributed by atoms with Crippen molar-refractivity contribution < 1.29 is 17.9 Å². The number of hydrogen-bond donors (Lipinski definition) is 1. The Balaban J connectivity index is 1.86. The molecule has 0 aromatic heterocycles. The van der Waals surface area contributed by atoms with Crippen molar-refractivity contribution in [2.45, 2.75) is 25.8 Å². The van der Waals surface area contributed by atoms with E-state index >= 15 is 0 Å². The van der Waals surface area contributed by atoms with Crippen LogP contribution in [0.3, 0.4) is 0 Å². The lowest BCUT2D eigenvalue weighted by Gasteiger charge is -2.31. The number of hydrogen-bond acceptors (Lipinski definition) is 4. The fourth-order valence-corrected chi connectivity index (χ4v) is 4.05. The quantitative estimate of drug-likeness (QED) is 0.843. The molecule has 1 aromatic carbocycles. The van der Waals surface area contributed by atoms with Crippen LogP contribution in [-0.4, -0.2) is 57.2 Å². The van der Waals surface area contributed by atoms with Crippen molar-refractivity contribution in [3.8, 4) is 0 Å². The Kier molecular flexibility index (Phi) is 6.15. The topological polar surface area (TPSA) is 75.7 Å². The Labute approximate surface area is 137 Å². The Morgan fingerprint density at radius 3 is 2.65 bits per heavy atom. The van der Waals surface area contributed by atoms with Gasteiger partial charge in [-0.05, 0) is 31.9 Å². The average molecular weight is 340 g/mol. The number of rotatable bonds is 6. The van der Waals surface area contributed by atoms with E-state index in [1.54, 1.807) is 6.07 Å². The van der Waals surface area contributed by atoms with E-state index in [0.29, 0.717) is 31.5 Å². The van der Waals surface area contributed by atoms with Crippen LogP contribution in [0.15, 0.2) is 24.3 Å². The number of aryl methyl sites for hydroxylation is 1. The number of sulfonamides is 1. The zero-order valence-corrected chi connectivity index (χ0v) is 14.4. The van der Waals surface area contributed by atoms with Crippen LogP contribution in [0.1, 0.15) is 28.8 Å². The van der Waals surface area contributed by atoms with Gasteiger partial charge in [-0.1, -0.05) is 17.7 Å². The first kappa shape index (κ1) is 17.9. The zero-order valence-electron chi connectivity index (χ0n) is 13.6. The summed E-state index contributed by atoms with van der Waals surface area (Å²) in [5, 5.41) is 2.99. The fraction of sp³-hybridized carbons (Fsp3) is 0.562. The highest BCUT2D eigenvalue weighted by Crippen LogP contribution is 2.15. The van der Waals surface area contributed by atoms with Crippen LogP contribution in [0, 0.1) is 6.92 Å². The van der Waals surface area contributed by atoms with Gasteiger partial charge in [-0.3, -0.25) is 4.79 Å². The molecule has 1 saturated heterocycles. The molecule has 7 heteroatoms. The van der Waals surface area contributed by atoms with Gasteiger partial charge in [0, 0.05) is 31.8 Å². The van der Waals surface area contributed by atoms with Crippen molar-refractivity contribution >= 4 is 15.9 Å². The third kappa shape index (κ3) is 5.02. The van der Waals surface area contributed by atoms with Crippen LogP contribution < -0.4 is 5.32 Å². The van der Waals surface area contributed by atoms with E-state index < -0.39 is 10.0 Å². The van der Waals surface area contributed by atoms with Crippen LogP contribution in [-0.2, 0) is 14.8 Å². The number of piperidine rings is 1. The van der Waals surface area contributed by atoms with Crippen molar-refractivity contribution in [1.29, 1.82) is 0 Å². The summed E-state index contributed by atoms with van der Waals surface area (Å²) in [7, 11) is -1.77. The van der Waals surface area contributed by atoms with Crippen molar-refractivity contribution in [3.63, 3.8) is 0 Å². The highest BCUT2D eigenvalue weighted by atomic mass is 32.2. The number of carbonyl (C=O) groups excluding carboxylic acids is 1. The van der Waals surface area contributed by atoms with Gasteiger partial charge < -0.3 is 10.1 Å². The van der Waals surface area contributed by atoms with Crippen LogP contribution in [0.4, 0.5) is 0 Å². The van der Waals surface area contributed by atoms with E-state index in [1.807, 2.05) is 25.1 Å². The number of methoxy groups -OCH3 is 1. The SMILES string of the molecule is COCCS(=O)(=O)N1CCC(NC(=O)c2cccc(C)c2)CC1. The maximum atomic E-state index is 12.2. The van der Waals surface area contributed by atoms with E-state index in [-0.39, 0.29) is 24.3 Å². The third-order valence-electron chi connectivity index (χ3n) is 4.01. The van der Waals surface area contributed by atoms with Gasteiger partial charge in [-0.15, -0.1) is 0 Å². The molecule has 0 aliphatic carbocycles. The molecule has 0 saturated carbocycles. The predicted octanol–water partition coefficient (Wildman–Crippen LogP) is 1.17. The molecule has 0 radical (unpaired) electrons. The van der Waals surface area contributed by atoms with Crippen molar-refractivity contribution in [1.82, 2.24) is 9.62 Å². The van der Waals surface area contributed by atoms with Gasteiger partial charge in [0.15, 0.2) is 0 Å². The standard InChI is InChI=1S/C16H24N2O4S/c1-13-4-3-5-14(12-13)16(19)17-15-6-8-18(9-7-15)23(20,21)11-10-22-2/h3-5,12,15H,6-11H2,1-2H3,(H,17,19). The predicted molar refractivity (Wildman–Crippen MR) is 88.9 cm³/mol. The van der Waals surface area contributed by atoms with Gasteiger partial charge in [0.05, 0.1) is 12.4 Å². The summed E-state index contributed by atoms with van der Waals surface area (Å²) in [4.78, 5) is 12.2. The lowest BCUT2D eigenvalue weighted by Crippen LogP contribution is -2.47. The van der Waals surface area contributed by atoms with Crippen LogP contribution >= 0.6 is 0 Å². The van der Waals surface area contributed by atoms with Crippen LogP contribution in [0.25, 0.3) is 0 Å². The molecular weight excluding hydrogens is 316 g/mol. The molecular formula is C16H24N2O4S. The van der Waals surface area contributed by atoms with Crippen molar-refractivity contribution in [2.24, 2.45) is 0 Å². The molecule has 1 N–H and O–H groups in total. The minimum Gasteiger partial charge on any atom is -0.384 e. The van der Waals surface area contributed by atoms with Crippen LogP contribution in [0.2, 0.25) is 0 Å². The lowest BCUT2D eigenvalue weighted by molar-refractivity contribution is 0.0923. The summed E-state index contributed by atoms with van der Waals surface area (Å²) in [5.41, 5.74) is 1.68. The molecule has 0 bridgehead atoms. The number of amides is 1. The number of carbonyl (C=O) groups is 1. The molecule has 1 aromatic rings. The smallest absolute Gasteiger partial charge is 0.251 e. The third-order valence-corrected chi connectivity index (χ3v) is 5.84. The fourth-order valence-electron chi connectivity index (χ4n) is 2.65. The minimum atomic E-state index is -3.26. The first-order valence-corrected chi connectivity index (χ1v) is 9.37. The largest absolute Gasteiger partial charge is 0.384 e. The lowest BCUT2D eigenvalue weighted by atomic mass is 10.1. The summed E-state index contributed by atoms with van der Waals surface area (Å²) in [6, 6.07) is 7.44. The molecule has 0 spiro atoms. The van der Waals surface area contributed by atoms with E-state index in [1.165, 1.54) is 11.4 Å². The van der Waals surface area contributed by atoms with Gasteiger partial charge in [0.1, 0.15) is 0 Å². The Bertz CT molecular complexity index is 637. The first-order valence-electron chi connectivity index (χ1n) is 7.76.